The fraction of sp³-hybridized carbons (Fsp3) is 0.250. The number of rotatable bonds is 5. The third kappa shape index (κ3) is 3.82. The zero-order chi connectivity index (χ0) is 19.6. The molecule has 0 amide bonds. The molecule has 2 aromatic carbocycles. The van der Waals surface area contributed by atoms with Gasteiger partial charge in [-0.2, -0.15) is 13.2 Å². The van der Waals surface area contributed by atoms with Gasteiger partial charge in [-0.3, -0.25) is 0 Å². The molecule has 0 fully saturated rings. The number of fused-ring (bicyclic) bond motifs is 1. The Bertz CT molecular complexity index is 959. The monoisotopic (exact) mass is 379 g/mol. The maximum atomic E-state index is 12.9. The Morgan fingerprint density at radius 1 is 1.11 bits per heavy atom. The van der Waals surface area contributed by atoms with Crippen LogP contribution >= 0.6 is 0 Å². The van der Waals surface area contributed by atoms with Gasteiger partial charge >= 0.3 is 12.1 Å². The van der Waals surface area contributed by atoms with Crippen LogP contribution in [-0.4, -0.2) is 24.3 Å². The molecule has 3 nitrogen and oxygen atoms in total. The highest BCUT2D eigenvalue weighted by molar-refractivity contribution is 6.05. The van der Waals surface area contributed by atoms with Crippen LogP contribution in [0.3, 0.4) is 0 Å². The van der Waals surface area contributed by atoms with Gasteiger partial charge in [0.1, 0.15) is 6.67 Å². The van der Waals surface area contributed by atoms with Crippen LogP contribution in [0, 0.1) is 0 Å². The normalized spacial score (nSPS) is 11.7. The van der Waals surface area contributed by atoms with Crippen molar-refractivity contribution in [1.82, 2.24) is 4.57 Å². The second-order valence-electron chi connectivity index (χ2n) is 6.10. The fourth-order valence-corrected chi connectivity index (χ4v) is 3.15. The zero-order valence-corrected chi connectivity index (χ0v) is 14.5. The van der Waals surface area contributed by atoms with Crippen LogP contribution in [-0.2, 0) is 23.9 Å². The Labute approximate surface area is 153 Å². The number of hydrogen-bond acceptors (Lipinski definition) is 2. The summed E-state index contributed by atoms with van der Waals surface area (Å²) in [6.07, 6.45) is -2.51. The number of halogens is 4. The standard InChI is InChI=1S/C20H17F4NO2/c1-27-19(26)16-12-25(10-9-21)17-4-2-3-14(18(16)17)11-13-5-7-15(8-6-13)20(22,23)24/h2-8,12H,9-11H2,1H3. The third-order valence-corrected chi connectivity index (χ3v) is 4.40. The average molecular weight is 379 g/mol. The first kappa shape index (κ1) is 18.9. The summed E-state index contributed by atoms with van der Waals surface area (Å²) in [4.78, 5) is 12.2. The minimum absolute atomic E-state index is 0.0945. The number of nitrogens with zero attached hydrogens (tertiary/aromatic N) is 1. The van der Waals surface area contributed by atoms with Crippen LogP contribution < -0.4 is 0 Å². The van der Waals surface area contributed by atoms with Crippen molar-refractivity contribution >= 4 is 16.9 Å². The molecule has 0 saturated carbocycles. The van der Waals surface area contributed by atoms with E-state index in [4.69, 9.17) is 4.74 Å². The molecule has 0 atom stereocenters. The maximum absolute atomic E-state index is 12.9. The molecule has 1 aromatic heterocycles. The Morgan fingerprint density at radius 3 is 2.41 bits per heavy atom. The van der Waals surface area contributed by atoms with Crippen LogP contribution in [0.1, 0.15) is 27.0 Å². The van der Waals surface area contributed by atoms with Gasteiger partial charge in [0.2, 0.25) is 0 Å². The van der Waals surface area contributed by atoms with Gasteiger partial charge in [0.15, 0.2) is 0 Å². The number of methoxy groups -OCH3 is 1. The second kappa shape index (κ2) is 7.42. The summed E-state index contributed by atoms with van der Waals surface area (Å²) in [6, 6.07) is 10.2. The van der Waals surface area contributed by atoms with E-state index >= 15 is 0 Å². The van der Waals surface area contributed by atoms with E-state index in [1.807, 2.05) is 0 Å². The van der Waals surface area contributed by atoms with Gasteiger partial charge in [-0.25, -0.2) is 9.18 Å². The molecule has 1 heterocycles. The molecule has 0 spiro atoms. The lowest BCUT2D eigenvalue weighted by atomic mass is 9.98. The van der Waals surface area contributed by atoms with E-state index in [1.54, 1.807) is 29.0 Å². The molecule has 0 saturated heterocycles. The molecular formula is C20H17F4NO2. The lowest BCUT2D eigenvalue weighted by Crippen LogP contribution is -2.04. The number of alkyl halides is 4. The predicted octanol–water partition coefficient (Wildman–Crippen LogP) is 5.01. The number of ether oxygens (including phenoxy) is 1. The Balaban J connectivity index is 2.05. The average Bonchev–Trinajstić information content (AvgIpc) is 3.01. The van der Waals surface area contributed by atoms with Crippen molar-refractivity contribution in [2.75, 3.05) is 13.8 Å². The van der Waals surface area contributed by atoms with Crippen molar-refractivity contribution in [2.45, 2.75) is 19.1 Å². The van der Waals surface area contributed by atoms with Crippen LogP contribution in [0.2, 0.25) is 0 Å². The molecule has 0 aliphatic heterocycles. The molecular weight excluding hydrogens is 362 g/mol. The molecule has 3 aromatic rings. The van der Waals surface area contributed by atoms with E-state index in [1.165, 1.54) is 19.2 Å². The maximum Gasteiger partial charge on any atom is 0.416 e. The van der Waals surface area contributed by atoms with E-state index in [0.717, 1.165) is 17.7 Å². The van der Waals surface area contributed by atoms with Crippen molar-refractivity contribution in [3.05, 3.63) is 70.9 Å². The van der Waals surface area contributed by atoms with E-state index in [2.05, 4.69) is 0 Å². The number of carbonyl (C=O) groups excluding carboxylic acids is 1. The van der Waals surface area contributed by atoms with Gasteiger partial charge in [-0.05, 0) is 35.7 Å². The number of hydrogen-bond donors (Lipinski definition) is 0. The fourth-order valence-electron chi connectivity index (χ4n) is 3.15. The number of benzene rings is 2. The highest BCUT2D eigenvalue weighted by atomic mass is 19.4. The van der Waals surface area contributed by atoms with Crippen LogP contribution in [0.5, 0.6) is 0 Å². The van der Waals surface area contributed by atoms with E-state index in [0.29, 0.717) is 28.5 Å². The molecule has 7 heteroatoms. The highest BCUT2D eigenvalue weighted by Gasteiger charge is 2.30. The number of aryl methyl sites for hydroxylation is 1. The lowest BCUT2D eigenvalue weighted by molar-refractivity contribution is -0.137. The summed E-state index contributed by atoms with van der Waals surface area (Å²) < 4.78 is 57.5. The minimum Gasteiger partial charge on any atom is -0.465 e. The molecule has 142 valence electrons. The van der Waals surface area contributed by atoms with Crippen molar-refractivity contribution < 1.29 is 27.1 Å². The van der Waals surface area contributed by atoms with E-state index < -0.39 is 24.4 Å². The third-order valence-electron chi connectivity index (χ3n) is 4.40. The van der Waals surface area contributed by atoms with Crippen LogP contribution in [0.4, 0.5) is 17.6 Å². The molecule has 0 aliphatic rings. The van der Waals surface area contributed by atoms with Gasteiger partial charge in [0.05, 0.1) is 24.8 Å². The molecule has 0 unspecified atom stereocenters. The zero-order valence-electron chi connectivity index (χ0n) is 14.5. The Kier molecular flexibility index (Phi) is 5.21. The van der Waals surface area contributed by atoms with Gasteiger partial charge < -0.3 is 9.30 Å². The first-order valence-corrected chi connectivity index (χ1v) is 8.26. The molecule has 0 radical (unpaired) electrons. The second-order valence-corrected chi connectivity index (χ2v) is 6.10. The highest BCUT2D eigenvalue weighted by Crippen LogP contribution is 2.31. The van der Waals surface area contributed by atoms with Crippen molar-refractivity contribution in [1.29, 1.82) is 0 Å². The Hall–Kier alpha value is -2.83. The van der Waals surface area contributed by atoms with Crippen molar-refractivity contribution in [2.24, 2.45) is 0 Å². The molecule has 27 heavy (non-hydrogen) atoms. The molecule has 0 bridgehead atoms. The number of aromatic nitrogens is 1. The molecule has 0 N–H and O–H groups in total. The summed E-state index contributed by atoms with van der Waals surface area (Å²) in [6.45, 7) is -0.495. The topological polar surface area (TPSA) is 31.2 Å². The van der Waals surface area contributed by atoms with Gasteiger partial charge in [0.25, 0.3) is 0 Å². The van der Waals surface area contributed by atoms with Crippen molar-refractivity contribution in [3.8, 4) is 0 Å². The van der Waals surface area contributed by atoms with Gasteiger partial charge in [-0.1, -0.05) is 24.3 Å². The summed E-state index contributed by atoms with van der Waals surface area (Å²) >= 11 is 0. The van der Waals surface area contributed by atoms with E-state index in [-0.39, 0.29) is 6.54 Å². The SMILES string of the molecule is COC(=O)c1cn(CCF)c2cccc(Cc3ccc(C(F)(F)F)cc3)c12. The summed E-state index contributed by atoms with van der Waals surface area (Å²) in [7, 11) is 1.26. The van der Waals surface area contributed by atoms with Crippen LogP contribution in [0.15, 0.2) is 48.7 Å². The largest absolute Gasteiger partial charge is 0.465 e. The number of carbonyl (C=O) groups is 1. The summed E-state index contributed by atoms with van der Waals surface area (Å²) in [5, 5.41) is 0.623. The Morgan fingerprint density at radius 2 is 1.81 bits per heavy atom. The van der Waals surface area contributed by atoms with Gasteiger partial charge in [-0.15, -0.1) is 0 Å². The van der Waals surface area contributed by atoms with Crippen molar-refractivity contribution in [3.63, 3.8) is 0 Å². The molecule has 3 rings (SSSR count). The lowest BCUT2D eigenvalue weighted by Gasteiger charge is -2.09. The molecule has 0 aliphatic carbocycles. The summed E-state index contributed by atoms with van der Waals surface area (Å²) in [5.74, 6) is -0.544. The van der Waals surface area contributed by atoms with E-state index in [9.17, 15) is 22.4 Å². The summed E-state index contributed by atoms with van der Waals surface area (Å²) in [5.41, 5.74) is 1.70. The minimum atomic E-state index is -4.39. The van der Waals surface area contributed by atoms with Crippen LogP contribution in [0.25, 0.3) is 10.9 Å². The smallest absolute Gasteiger partial charge is 0.416 e. The quantitative estimate of drug-likeness (QED) is 0.461. The number of esters is 1. The first-order valence-electron chi connectivity index (χ1n) is 8.26. The predicted molar refractivity (Wildman–Crippen MR) is 93.5 cm³/mol. The van der Waals surface area contributed by atoms with Gasteiger partial charge in [0, 0.05) is 17.1 Å². The first-order chi connectivity index (χ1) is 12.8.